The average Bonchev–Trinajstić information content (AvgIpc) is 3.44. The first-order valence-electron chi connectivity index (χ1n) is 11.0. The zero-order valence-corrected chi connectivity index (χ0v) is 19.1. The van der Waals surface area contributed by atoms with Gasteiger partial charge in [0.05, 0.1) is 25.3 Å². The number of rotatable bonds is 7. The largest absolute Gasteiger partial charge is 0.503 e. The molecule has 35 heavy (non-hydrogen) atoms. The molecular formula is C27H22N2O6. The first kappa shape index (κ1) is 22.2. The second-order valence-electron chi connectivity index (χ2n) is 7.87. The van der Waals surface area contributed by atoms with Gasteiger partial charge in [0, 0.05) is 23.5 Å². The molecule has 0 bridgehead atoms. The van der Waals surface area contributed by atoms with Gasteiger partial charge in [0.15, 0.2) is 22.9 Å². The van der Waals surface area contributed by atoms with Crippen LogP contribution in [0.4, 0.5) is 5.69 Å². The van der Waals surface area contributed by atoms with Crippen LogP contribution >= 0.6 is 0 Å². The minimum atomic E-state index is -0.906. The van der Waals surface area contributed by atoms with E-state index >= 15 is 0 Å². The smallest absolute Gasteiger partial charge is 0.294 e. The number of ether oxygens (including phenoxy) is 2. The highest BCUT2D eigenvalue weighted by Gasteiger charge is 2.45. The number of benzene rings is 2. The molecule has 0 spiro atoms. The van der Waals surface area contributed by atoms with Crippen LogP contribution in [-0.4, -0.2) is 35.5 Å². The summed E-state index contributed by atoms with van der Waals surface area (Å²) in [6, 6.07) is 16.3. The Balaban J connectivity index is 1.61. The van der Waals surface area contributed by atoms with Crippen molar-refractivity contribution >= 4 is 28.3 Å². The number of aromatic nitrogens is 1. The summed E-state index contributed by atoms with van der Waals surface area (Å²) in [5, 5.41) is 11.6. The van der Waals surface area contributed by atoms with Crippen molar-refractivity contribution in [3.05, 3.63) is 95.7 Å². The molecule has 1 amide bonds. The summed E-state index contributed by atoms with van der Waals surface area (Å²) in [5.74, 6) is -0.824. The number of nitrogens with zero attached hydrogens (tertiary/aromatic N) is 2. The first-order chi connectivity index (χ1) is 17.0. The number of furan rings is 1. The lowest BCUT2D eigenvalue weighted by Crippen LogP contribution is -2.31. The van der Waals surface area contributed by atoms with E-state index in [0.717, 1.165) is 0 Å². The van der Waals surface area contributed by atoms with E-state index < -0.39 is 23.5 Å². The lowest BCUT2D eigenvalue weighted by Gasteiger charge is -2.26. The Morgan fingerprint density at radius 2 is 1.94 bits per heavy atom. The molecule has 0 saturated heterocycles. The number of para-hydroxylation sites is 1. The number of carbonyl (C=O) groups excluding carboxylic acids is 2. The highest BCUT2D eigenvalue weighted by atomic mass is 16.5. The summed E-state index contributed by atoms with van der Waals surface area (Å²) < 4.78 is 16.7. The molecular weight excluding hydrogens is 448 g/mol. The Labute approximate surface area is 201 Å². The number of aliphatic hydroxyl groups is 1. The molecule has 0 aliphatic carbocycles. The topological polar surface area (TPSA) is 102 Å². The first-order valence-corrected chi connectivity index (χ1v) is 11.0. The van der Waals surface area contributed by atoms with Crippen LogP contribution < -0.4 is 14.4 Å². The number of ketones is 1. The van der Waals surface area contributed by atoms with Crippen molar-refractivity contribution in [2.24, 2.45) is 0 Å². The fourth-order valence-corrected chi connectivity index (χ4v) is 4.27. The Kier molecular flexibility index (Phi) is 5.70. The SMILES string of the molecule is CCOc1ccc(N2C(=O)C(O)=C(C(=O)c3cc4cccc(OC)c4o3)C2c2cccnc2)cc1. The third kappa shape index (κ3) is 3.78. The number of Topliss-reactive ketones (excluding diaryl/α,β-unsaturated/α-hetero) is 1. The van der Waals surface area contributed by atoms with Crippen LogP contribution in [0.3, 0.4) is 0 Å². The molecule has 1 atom stereocenters. The van der Waals surface area contributed by atoms with E-state index in [9.17, 15) is 14.7 Å². The summed E-state index contributed by atoms with van der Waals surface area (Å²) in [5.41, 5.74) is 1.38. The number of amides is 1. The maximum absolute atomic E-state index is 13.7. The van der Waals surface area contributed by atoms with E-state index in [2.05, 4.69) is 4.98 Å². The van der Waals surface area contributed by atoms with E-state index in [4.69, 9.17) is 13.9 Å². The molecule has 0 radical (unpaired) electrons. The normalized spacial score (nSPS) is 15.7. The summed E-state index contributed by atoms with van der Waals surface area (Å²) in [6.07, 6.45) is 3.16. The predicted octanol–water partition coefficient (Wildman–Crippen LogP) is 5.02. The highest BCUT2D eigenvalue weighted by molar-refractivity contribution is 6.20. The van der Waals surface area contributed by atoms with Crippen LogP contribution in [0.25, 0.3) is 11.0 Å². The minimum Gasteiger partial charge on any atom is -0.503 e. The fourth-order valence-electron chi connectivity index (χ4n) is 4.27. The molecule has 2 aromatic heterocycles. The summed E-state index contributed by atoms with van der Waals surface area (Å²) in [7, 11) is 1.51. The molecule has 2 aromatic carbocycles. The zero-order chi connectivity index (χ0) is 24.5. The summed E-state index contributed by atoms with van der Waals surface area (Å²) >= 11 is 0. The number of pyridine rings is 1. The van der Waals surface area contributed by atoms with Gasteiger partial charge in [-0.2, -0.15) is 0 Å². The van der Waals surface area contributed by atoms with Crippen LogP contribution in [0.5, 0.6) is 11.5 Å². The van der Waals surface area contributed by atoms with Crippen molar-refractivity contribution in [2.75, 3.05) is 18.6 Å². The number of hydrogen-bond donors (Lipinski definition) is 1. The second kappa shape index (κ2) is 8.98. The van der Waals surface area contributed by atoms with Gasteiger partial charge in [0.2, 0.25) is 5.78 Å². The van der Waals surface area contributed by atoms with Crippen molar-refractivity contribution in [3.8, 4) is 11.5 Å². The van der Waals surface area contributed by atoms with Gasteiger partial charge in [-0.25, -0.2) is 0 Å². The Hall–Kier alpha value is -4.59. The van der Waals surface area contributed by atoms with Gasteiger partial charge in [-0.3, -0.25) is 19.5 Å². The molecule has 176 valence electrons. The van der Waals surface area contributed by atoms with E-state index in [1.165, 1.54) is 12.0 Å². The molecule has 1 aliphatic heterocycles. The van der Waals surface area contributed by atoms with Crippen LogP contribution in [0.15, 0.2) is 88.8 Å². The number of anilines is 1. The van der Waals surface area contributed by atoms with Crippen LogP contribution in [0.1, 0.15) is 29.1 Å². The molecule has 8 nitrogen and oxygen atoms in total. The molecule has 0 saturated carbocycles. The fraction of sp³-hybridized carbons (Fsp3) is 0.148. The van der Waals surface area contributed by atoms with Crippen molar-refractivity contribution in [3.63, 3.8) is 0 Å². The number of fused-ring (bicyclic) bond motifs is 1. The Morgan fingerprint density at radius 1 is 1.14 bits per heavy atom. The molecule has 0 fully saturated rings. The zero-order valence-electron chi connectivity index (χ0n) is 19.1. The van der Waals surface area contributed by atoms with Crippen molar-refractivity contribution in [1.82, 2.24) is 4.98 Å². The lowest BCUT2D eigenvalue weighted by atomic mass is 9.96. The summed E-state index contributed by atoms with van der Waals surface area (Å²) in [6.45, 7) is 2.38. The average molecular weight is 470 g/mol. The third-order valence-corrected chi connectivity index (χ3v) is 5.83. The maximum Gasteiger partial charge on any atom is 0.294 e. The predicted molar refractivity (Wildman–Crippen MR) is 129 cm³/mol. The van der Waals surface area contributed by atoms with Crippen molar-refractivity contribution in [1.29, 1.82) is 0 Å². The van der Waals surface area contributed by atoms with Gasteiger partial charge >= 0.3 is 0 Å². The highest BCUT2D eigenvalue weighted by Crippen LogP contribution is 2.42. The molecule has 8 heteroatoms. The number of carbonyl (C=O) groups is 2. The molecule has 1 unspecified atom stereocenters. The van der Waals surface area contributed by atoms with E-state index in [-0.39, 0.29) is 11.3 Å². The molecule has 1 aliphatic rings. The maximum atomic E-state index is 13.7. The van der Waals surface area contributed by atoms with E-state index in [1.54, 1.807) is 73.1 Å². The van der Waals surface area contributed by atoms with Gasteiger partial charge in [0.1, 0.15) is 5.75 Å². The van der Waals surface area contributed by atoms with E-state index in [0.29, 0.717) is 40.3 Å². The molecule has 1 N–H and O–H groups in total. The van der Waals surface area contributed by atoms with Crippen LogP contribution in [-0.2, 0) is 4.79 Å². The van der Waals surface area contributed by atoms with Gasteiger partial charge in [-0.1, -0.05) is 18.2 Å². The quantitative estimate of drug-likeness (QED) is 0.379. The standard InChI is InChI=1S/C27H22N2O6/c1-3-34-19-11-9-18(10-12-19)29-23(17-7-5-13-28-15-17)22(25(31)27(29)32)24(30)21-14-16-6-4-8-20(33-2)26(16)35-21/h4-15,23,31H,3H2,1-2H3. The van der Waals surface area contributed by atoms with Crippen molar-refractivity contribution < 1.29 is 28.6 Å². The number of aliphatic hydroxyl groups excluding tert-OH is 1. The van der Waals surface area contributed by atoms with Gasteiger partial charge < -0.3 is 19.0 Å². The van der Waals surface area contributed by atoms with Crippen molar-refractivity contribution in [2.45, 2.75) is 13.0 Å². The number of methoxy groups -OCH3 is 1. The molecule has 4 aromatic rings. The molecule has 5 rings (SSSR count). The van der Waals surface area contributed by atoms with Crippen LogP contribution in [0, 0.1) is 0 Å². The Bertz CT molecular complexity index is 1440. The molecule has 3 heterocycles. The van der Waals surface area contributed by atoms with E-state index in [1.807, 2.05) is 6.92 Å². The lowest BCUT2D eigenvalue weighted by molar-refractivity contribution is -0.117. The van der Waals surface area contributed by atoms with Gasteiger partial charge in [-0.15, -0.1) is 0 Å². The van der Waals surface area contributed by atoms with Crippen LogP contribution in [0.2, 0.25) is 0 Å². The number of hydrogen-bond acceptors (Lipinski definition) is 7. The Morgan fingerprint density at radius 3 is 2.63 bits per heavy atom. The van der Waals surface area contributed by atoms with Gasteiger partial charge in [0.25, 0.3) is 5.91 Å². The second-order valence-corrected chi connectivity index (χ2v) is 7.87. The summed E-state index contributed by atoms with van der Waals surface area (Å²) in [4.78, 5) is 32.5. The monoisotopic (exact) mass is 470 g/mol. The van der Waals surface area contributed by atoms with Gasteiger partial charge in [-0.05, 0) is 55.0 Å². The third-order valence-electron chi connectivity index (χ3n) is 5.83. The minimum absolute atomic E-state index is 0.0127.